The van der Waals surface area contributed by atoms with Crippen molar-refractivity contribution in [2.75, 3.05) is 16.9 Å². The van der Waals surface area contributed by atoms with E-state index in [1.807, 2.05) is 11.6 Å². The molecule has 0 spiro atoms. The van der Waals surface area contributed by atoms with E-state index in [4.69, 9.17) is 23.2 Å². The molecule has 0 aliphatic rings. The summed E-state index contributed by atoms with van der Waals surface area (Å²) in [6.45, 7) is 0. The molecule has 0 saturated heterocycles. The molecule has 2 N–H and O–H groups in total. The Bertz CT molecular complexity index is 1430. The van der Waals surface area contributed by atoms with E-state index in [0.717, 1.165) is 11.8 Å². The molecule has 4 aromatic rings. The molecule has 3 aromatic carbocycles. The number of nitrogens with zero attached hydrogens (tertiary/aromatic N) is 2. The number of para-hydroxylation sites is 1. The Labute approximate surface area is 194 Å². The third kappa shape index (κ3) is 4.43. The van der Waals surface area contributed by atoms with Gasteiger partial charge in [0.2, 0.25) is 5.95 Å². The second-order valence-corrected chi connectivity index (χ2v) is 10.0. The maximum atomic E-state index is 12.7. The van der Waals surface area contributed by atoms with Crippen LogP contribution in [0.4, 0.5) is 17.3 Å². The first-order valence-corrected chi connectivity index (χ1v) is 12.1. The van der Waals surface area contributed by atoms with Gasteiger partial charge in [-0.1, -0.05) is 29.3 Å². The van der Waals surface area contributed by atoms with Gasteiger partial charge in [-0.25, -0.2) is 13.4 Å². The van der Waals surface area contributed by atoms with Gasteiger partial charge >= 0.3 is 0 Å². The van der Waals surface area contributed by atoms with Gasteiger partial charge in [-0.2, -0.15) is 0 Å². The van der Waals surface area contributed by atoms with E-state index in [9.17, 15) is 13.2 Å². The molecule has 1 aromatic heterocycles. The van der Waals surface area contributed by atoms with E-state index in [2.05, 4.69) is 15.6 Å². The molecule has 32 heavy (non-hydrogen) atoms. The molecule has 0 radical (unpaired) electrons. The number of fused-ring (bicyclic) bond motifs is 1. The van der Waals surface area contributed by atoms with Crippen LogP contribution in [0.1, 0.15) is 10.4 Å². The number of halogens is 2. The summed E-state index contributed by atoms with van der Waals surface area (Å²) in [6, 6.07) is 16.4. The Hall–Kier alpha value is -3.07. The van der Waals surface area contributed by atoms with Crippen molar-refractivity contribution in [1.82, 2.24) is 9.55 Å². The highest BCUT2D eigenvalue weighted by molar-refractivity contribution is 7.90. The molecule has 4 rings (SSSR count). The lowest BCUT2D eigenvalue weighted by Gasteiger charge is -2.09. The quantitative estimate of drug-likeness (QED) is 0.398. The molecule has 10 heteroatoms. The molecule has 1 heterocycles. The molecular weight excluding hydrogens is 471 g/mol. The van der Waals surface area contributed by atoms with Crippen LogP contribution in [-0.4, -0.2) is 30.1 Å². The summed E-state index contributed by atoms with van der Waals surface area (Å²) in [6.07, 6.45) is 1.13. The average Bonchev–Trinajstić information content (AvgIpc) is 3.05. The van der Waals surface area contributed by atoms with Crippen molar-refractivity contribution in [3.63, 3.8) is 0 Å². The van der Waals surface area contributed by atoms with Crippen LogP contribution >= 0.6 is 23.2 Å². The molecule has 0 unspecified atom stereocenters. The number of carbonyl (C=O) groups excluding carboxylic acids is 1. The number of carbonyl (C=O) groups is 1. The summed E-state index contributed by atoms with van der Waals surface area (Å²) in [7, 11) is -1.46. The van der Waals surface area contributed by atoms with Gasteiger partial charge < -0.3 is 15.2 Å². The van der Waals surface area contributed by atoms with Gasteiger partial charge in [0.1, 0.15) is 0 Å². The van der Waals surface area contributed by atoms with Crippen molar-refractivity contribution in [2.45, 2.75) is 4.90 Å². The normalized spacial score (nSPS) is 11.5. The van der Waals surface area contributed by atoms with Crippen LogP contribution in [0.25, 0.3) is 11.0 Å². The largest absolute Gasteiger partial charge is 0.323 e. The number of aromatic nitrogens is 2. The number of nitrogens with one attached hydrogen (secondary N) is 2. The summed E-state index contributed by atoms with van der Waals surface area (Å²) >= 11 is 12.5. The Morgan fingerprint density at radius 1 is 1.00 bits per heavy atom. The van der Waals surface area contributed by atoms with Crippen LogP contribution in [-0.2, 0) is 16.9 Å². The predicted octanol–water partition coefficient (Wildman–Crippen LogP) is 5.28. The second kappa shape index (κ2) is 8.46. The molecule has 0 aliphatic carbocycles. The SMILES string of the molecule is Cn1c(Nc2c(Cl)cccc2Cl)nc2cc(C(=O)Nc3ccc(S(C)(=O)=O)cc3)ccc21. The fourth-order valence-electron chi connectivity index (χ4n) is 3.17. The number of rotatable bonds is 5. The minimum Gasteiger partial charge on any atom is -0.323 e. The number of hydrogen-bond donors (Lipinski definition) is 2. The highest BCUT2D eigenvalue weighted by Gasteiger charge is 2.15. The molecule has 0 saturated carbocycles. The Balaban J connectivity index is 1.59. The summed E-state index contributed by atoms with van der Waals surface area (Å²) in [4.78, 5) is 17.4. The Morgan fingerprint density at radius 2 is 1.66 bits per heavy atom. The van der Waals surface area contributed by atoms with Crippen molar-refractivity contribution in [2.24, 2.45) is 7.05 Å². The molecule has 0 bridgehead atoms. The van der Waals surface area contributed by atoms with Gasteiger partial charge in [-0.3, -0.25) is 4.79 Å². The van der Waals surface area contributed by atoms with E-state index < -0.39 is 9.84 Å². The van der Waals surface area contributed by atoms with Crippen molar-refractivity contribution in [1.29, 1.82) is 0 Å². The van der Waals surface area contributed by atoms with Crippen LogP contribution in [0.2, 0.25) is 10.0 Å². The number of imidazole rings is 1. The van der Waals surface area contributed by atoms with E-state index in [0.29, 0.717) is 38.4 Å². The van der Waals surface area contributed by atoms with Gasteiger partial charge in [-0.05, 0) is 54.6 Å². The number of hydrogen-bond acceptors (Lipinski definition) is 5. The molecule has 0 atom stereocenters. The summed E-state index contributed by atoms with van der Waals surface area (Å²) < 4.78 is 25.0. The highest BCUT2D eigenvalue weighted by atomic mass is 35.5. The van der Waals surface area contributed by atoms with Crippen LogP contribution in [0.5, 0.6) is 0 Å². The smallest absolute Gasteiger partial charge is 0.255 e. The van der Waals surface area contributed by atoms with Gasteiger partial charge in [0.05, 0.1) is 31.7 Å². The molecule has 1 amide bonds. The highest BCUT2D eigenvalue weighted by Crippen LogP contribution is 2.33. The predicted molar refractivity (Wildman–Crippen MR) is 128 cm³/mol. The summed E-state index contributed by atoms with van der Waals surface area (Å²) in [5.41, 5.74) is 2.86. The van der Waals surface area contributed by atoms with Crippen LogP contribution in [0, 0.1) is 0 Å². The topological polar surface area (TPSA) is 93.1 Å². The first-order valence-electron chi connectivity index (χ1n) is 9.42. The number of sulfone groups is 1. The van der Waals surface area contributed by atoms with E-state index >= 15 is 0 Å². The standard InChI is InChI=1S/C22H18Cl2N4O3S/c1-28-19-11-6-13(21(29)25-14-7-9-15(10-8-14)32(2,30)31)12-18(19)26-22(28)27-20-16(23)4-3-5-17(20)24/h3-12H,1-2H3,(H,25,29)(H,26,27). The molecule has 0 fully saturated rings. The first kappa shape index (κ1) is 22.1. The van der Waals surface area contributed by atoms with Crippen molar-refractivity contribution < 1.29 is 13.2 Å². The van der Waals surface area contributed by atoms with E-state index in [1.165, 1.54) is 12.1 Å². The minimum atomic E-state index is -3.30. The van der Waals surface area contributed by atoms with Crippen LogP contribution in [0.3, 0.4) is 0 Å². The number of benzene rings is 3. The zero-order valence-electron chi connectivity index (χ0n) is 17.1. The third-order valence-electron chi connectivity index (χ3n) is 4.88. The number of anilines is 3. The van der Waals surface area contributed by atoms with Crippen LogP contribution in [0.15, 0.2) is 65.6 Å². The monoisotopic (exact) mass is 488 g/mol. The Morgan fingerprint density at radius 3 is 2.28 bits per heavy atom. The zero-order valence-corrected chi connectivity index (χ0v) is 19.4. The third-order valence-corrected chi connectivity index (χ3v) is 6.64. The zero-order chi connectivity index (χ0) is 23.0. The second-order valence-electron chi connectivity index (χ2n) is 7.17. The average molecular weight is 489 g/mol. The number of aryl methyl sites for hydroxylation is 1. The van der Waals surface area contributed by atoms with E-state index in [-0.39, 0.29) is 10.8 Å². The van der Waals surface area contributed by atoms with Gasteiger partial charge in [-0.15, -0.1) is 0 Å². The van der Waals surface area contributed by atoms with Gasteiger partial charge in [0, 0.05) is 24.6 Å². The lowest BCUT2D eigenvalue weighted by atomic mass is 10.2. The van der Waals surface area contributed by atoms with Gasteiger partial charge in [0.15, 0.2) is 9.84 Å². The van der Waals surface area contributed by atoms with Gasteiger partial charge in [0.25, 0.3) is 5.91 Å². The minimum absolute atomic E-state index is 0.184. The lowest BCUT2D eigenvalue weighted by Crippen LogP contribution is -2.12. The summed E-state index contributed by atoms with van der Waals surface area (Å²) in [5, 5.41) is 6.83. The first-order chi connectivity index (χ1) is 15.1. The van der Waals surface area contributed by atoms with Crippen LogP contribution < -0.4 is 10.6 Å². The molecule has 0 aliphatic heterocycles. The van der Waals surface area contributed by atoms with Crippen molar-refractivity contribution in [3.05, 3.63) is 76.3 Å². The fourth-order valence-corrected chi connectivity index (χ4v) is 4.29. The fraction of sp³-hybridized carbons (Fsp3) is 0.0909. The number of amides is 1. The van der Waals surface area contributed by atoms with E-state index in [1.54, 1.807) is 48.5 Å². The lowest BCUT2D eigenvalue weighted by molar-refractivity contribution is 0.102. The maximum absolute atomic E-state index is 12.7. The summed E-state index contributed by atoms with van der Waals surface area (Å²) in [5.74, 6) is 0.178. The molecule has 164 valence electrons. The molecular formula is C22H18Cl2N4O3S. The van der Waals surface area contributed by atoms with Crippen molar-refractivity contribution >= 4 is 67.3 Å². The molecule has 7 nitrogen and oxygen atoms in total. The Kier molecular flexibility index (Phi) is 5.85. The maximum Gasteiger partial charge on any atom is 0.255 e. The van der Waals surface area contributed by atoms with Crippen molar-refractivity contribution in [3.8, 4) is 0 Å².